The van der Waals surface area contributed by atoms with Crippen LogP contribution in [0.2, 0.25) is 0 Å². The van der Waals surface area contributed by atoms with E-state index in [1.54, 1.807) is 40.2 Å². The number of aliphatic imine (C=N–C) groups is 1. The monoisotopic (exact) mass is 573 g/mol. The maximum absolute atomic E-state index is 13.1. The number of carbonyl (C=O) groups excluding carboxylic acids is 1. The number of fused-ring (bicyclic) bond motifs is 1. The molecule has 5 rings (SSSR count). The molecule has 3 heterocycles. The molecule has 0 bridgehead atoms. The van der Waals surface area contributed by atoms with Crippen LogP contribution in [0.25, 0.3) is 5.65 Å². The molecule has 220 valence electrons. The van der Waals surface area contributed by atoms with Gasteiger partial charge in [-0.05, 0) is 57.6 Å². The van der Waals surface area contributed by atoms with E-state index in [1.807, 2.05) is 46.0 Å². The van der Waals surface area contributed by atoms with E-state index in [0.29, 0.717) is 41.0 Å². The Morgan fingerprint density at radius 2 is 2.00 bits per heavy atom. The topological polar surface area (TPSA) is 145 Å². The number of ether oxygens (including phenoxy) is 3. The Balaban J connectivity index is 1.35. The highest BCUT2D eigenvalue weighted by atomic mass is 16.6. The largest absolute Gasteiger partial charge is 0.493 e. The maximum Gasteiger partial charge on any atom is 0.415 e. The van der Waals surface area contributed by atoms with Crippen LogP contribution < -0.4 is 25.3 Å². The number of hydrogen-bond donors (Lipinski definition) is 2. The summed E-state index contributed by atoms with van der Waals surface area (Å²) >= 11 is 0. The molecule has 0 saturated carbocycles. The molecule has 1 unspecified atom stereocenters. The van der Waals surface area contributed by atoms with Crippen molar-refractivity contribution in [2.24, 2.45) is 10.7 Å². The lowest BCUT2D eigenvalue weighted by atomic mass is 10.0. The fourth-order valence-electron chi connectivity index (χ4n) is 4.97. The summed E-state index contributed by atoms with van der Waals surface area (Å²) in [6.07, 6.45) is 3.99. The molecule has 0 spiro atoms. The average Bonchev–Trinajstić information content (AvgIpc) is 3.43. The third kappa shape index (κ3) is 6.20. The van der Waals surface area contributed by atoms with E-state index < -0.39 is 6.09 Å². The van der Waals surface area contributed by atoms with Gasteiger partial charge in [0, 0.05) is 49.1 Å². The van der Waals surface area contributed by atoms with Gasteiger partial charge in [0.15, 0.2) is 17.1 Å². The van der Waals surface area contributed by atoms with Gasteiger partial charge in [0.25, 0.3) is 0 Å². The minimum absolute atomic E-state index is 0.0278. The Morgan fingerprint density at radius 3 is 2.74 bits per heavy atom. The van der Waals surface area contributed by atoms with Crippen molar-refractivity contribution in [2.45, 2.75) is 32.9 Å². The summed E-state index contributed by atoms with van der Waals surface area (Å²) in [5.41, 5.74) is 9.43. The first kappa shape index (κ1) is 28.6. The molecular weight excluding hydrogens is 538 g/mol. The van der Waals surface area contributed by atoms with Crippen molar-refractivity contribution in [1.29, 1.82) is 0 Å². The Hall–Kier alpha value is -4.91. The zero-order chi connectivity index (χ0) is 29.8. The van der Waals surface area contributed by atoms with Crippen LogP contribution >= 0.6 is 0 Å². The number of carbonyl (C=O) groups is 1. The van der Waals surface area contributed by atoms with Gasteiger partial charge in [0.1, 0.15) is 18.4 Å². The van der Waals surface area contributed by atoms with Crippen LogP contribution in [0.1, 0.15) is 31.0 Å². The van der Waals surface area contributed by atoms with Crippen molar-refractivity contribution in [3.63, 3.8) is 0 Å². The first-order valence-corrected chi connectivity index (χ1v) is 13.6. The average molecular weight is 574 g/mol. The number of anilines is 1. The fourth-order valence-corrected chi connectivity index (χ4v) is 4.97. The van der Waals surface area contributed by atoms with Gasteiger partial charge in [-0.1, -0.05) is 0 Å². The summed E-state index contributed by atoms with van der Waals surface area (Å²) in [5, 5.41) is 11.4. The zero-order valence-corrected chi connectivity index (χ0v) is 24.3. The molecule has 13 nitrogen and oxygen atoms in total. The van der Waals surface area contributed by atoms with E-state index in [2.05, 4.69) is 30.4 Å². The molecule has 2 atom stereocenters. The summed E-state index contributed by atoms with van der Waals surface area (Å²) in [7, 11) is 3.56. The molecule has 1 amide bonds. The van der Waals surface area contributed by atoms with Crippen LogP contribution in [0.3, 0.4) is 0 Å². The van der Waals surface area contributed by atoms with E-state index in [-0.39, 0.29) is 12.1 Å². The van der Waals surface area contributed by atoms with Crippen LogP contribution in [0.4, 0.5) is 16.2 Å². The van der Waals surface area contributed by atoms with Crippen molar-refractivity contribution in [2.75, 3.05) is 39.1 Å². The standard InChI is InChI=1S/C29H35N9O4/c1-18-10-21(6-7-24(18)41-28-13-27-35-33-17-37(27)16-32-28)34-20(3)22-11-26(25(40-5)12-23(22)31-15-30)42-29(39)38-9-8-36(4)14-19(38)2/h6-7,10-13,15-17,19-20,34H,8-9,14H2,1-5H3,(H2,30,31)/t19-,20?/m1/s1. The molecule has 2 aromatic heterocycles. The van der Waals surface area contributed by atoms with E-state index in [4.69, 9.17) is 19.9 Å². The third-order valence-electron chi connectivity index (χ3n) is 7.19. The highest BCUT2D eigenvalue weighted by Gasteiger charge is 2.28. The van der Waals surface area contributed by atoms with Gasteiger partial charge in [-0.2, -0.15) is 0 Å². The van der Waals surface area contributed by atoms with Crippen LogP contribution in [0.5, 0.6) is 23.1 Å². The Bertz CT molecular complexity index is 1610. The molecule has 1 aliphatic heterocycles. The third-order valence-corrected chi connectivity index (χ3v) is 7.19. The molecule has 1 aliphatic rings. The van der Waals surface area contributed by atoms with Crippen LogP contribution in [-0.4, -0.2) is 81.6 Å². The number of benzene rings is 2. The maximum atomic E-state index is 13.1. The first-order chi connectivity index (χ1) is 20.2. The second kappa shape index (κ2) is 12.3. The van der Waals surface area contributed by atoms with Gasteiger partial charge >= 0.3 is 6.09 Å². The minimum Gasteiger partial charge on any atom is -0.493 e. The lowest BCUT2D eigenvalue weighted by molar-refractivity contribution is 0.0885. The minimum atomic E-state index is -0.417. The quantitative estimate of drug-likeness (QED) is 0.233. The molecule has 3 N–H and O–H groups in total. The SMILES string of the molecule is COc1cc(N=CN)c(C(C)Nc2ccc(Oc3cc4nncn4cn3)c(C)c2)cc1OC(=O)N1CCN(C)C[C@H]1C. The Kier molecular flexibility index (Phi) is 8.38. The number of nitrogens with two attached hydrogens (primary N) is 1. The van der Waals surface area contributed by atoms with Gasteiger partial charge < -0.3 is 35.1 Å². The number of rotatable bonds is 8. The van der Waals surface area contributed by atoms with Crippen LogP contribution in [0.15, 0.2) is 54.0 Å². The fraction of sp³-hybridized carbons (Fsp3) is 0.345. The van der Waals surface area contributed by atoms with E-state index in [1.165, 1.54) is 13.4 Å². The molecule has 0 aliphatic carbocycles. The Morgan fingerprint density at radius 1 is 1.17 bits per heavy atom. The van der Waals surface area contributed by atoms with Crippen LogP contribution in [-0.2, 0) is 0 Å². The Labute approximate surface area is 243 Å². The van der Waals surface area contributed by atoms with Crippen molar-refractivity contribution in [1.82, 2.24) is 29.4 Å². The number of hydrogen-bond acceptors (Lipinski definition) is 10. The van der Waals surface area contributed by atoms with Crippen molar-refractivity contribution < 1.29 is 19.0 Å². The van der Waals surface area contributed by atoms with Gasteiger partial charge in [-0.25, -0.2) is 14.8 Å². The van der Waals surface area contributed by atoms with Gasteiger partial charge in [-0.3, -0.25) is 4.40 Å². The molecular formula is C29H35N9O4. The summed E-state index contributed by atoms with van der Waals surface area (Å²) in [6, 6.07) is 10.8. The molecule has 1 saturated heterocycles. The number of methoxy groups -OCH3 is 1. The van der Waals surface area contributed by atoms with E-state index in [0.717, 1.165) is 29.9 Å². The normalized spacial score (nSPS) is 16.5. The molecule has 2 aromatic carbocycles. The summed E-state index contributed by atoms with van der Waals surface area (Å²) < 4.78 is 19.1. The van der Waals surface area contributed by atoms with Gasteiger partial charge in [0.2, 0.25) is 5.88 Å². The van der Waals surface area contributed by atoms with Gasteiger partial charge in [-0.15, -0.1) is 10.2 Å². The highest BCUT2D eigenvalue weighted by molar-refractivity contribution is 5.74. The number of aromatic nitrogens is 4. The van der Waals surface area contributed by atoms with Crippen LogP contribution in [0, 0.1) is 6.92 Å². The summed E-state index contributed by atoms with van der Waals surface area (Å²) in [5.74, 6) is 1.78. The number of piperazine rings is 1. The van der Waals surface area contributed by atoms with E-state index in [9.17, 15) is 4.79 Å². The highest BCUT2D eigenvalue weighted by Crippen LogP contribution is 2.39. The number of nitrogens with zero attached hydrogens (tertiary/aromatic N) is 7. The predicted molar refractivity (Wildman–Crippen MR) is 159 cm³/mol. The number of amides is 1. The number of likely N-dealkylation sites (N-methyl/N-ethyl adjacent to an activating group) is 1. The lowest BCUT2D eigenvalue weighted by Crippen LogP contribution is -2.53. The molecule has 13 heteroatoms. The summed E-state index contributed by atoms with van der Waals surface area (Å²) in [4.78, 5) is 25.7. The molecule has 42 heavy (non-hydrogen) atoms. The van der Waals surface area contributed by atoms with E-state index >= 15 is 0 Å². The smallest absolute Gasteiger partial charge is 0.415 e. The van der Waals surface area contributed by atoms with Crippen molar-refractivity contribution in [3.05, 3.63) is 60.2 Å². The lowest BCUT2D eigenvalue weighted by Gasteiger charge is -2.37. The summed E-state index contributed by atoms with van der Waals surface area (Å²) in [6.45, 7) is 8.10. The second-order valence-electron chi connectivity index (χ2n) is 10.3. The van der Waals surface area contributed by atoms with Gasteiger partial charge in [0.05, 0.1) is 25.2 Å². The first-order valence-electron chi connectivity index (χ1n) is 13.6. The molecule has 4 aromatic rings. The van der Waals surface area contributed by atoms with Crippen molar-refractivity contribution >= 4 is 29.5 Å². The number of nitrogens with one attached hydrogen (secondary N) is 1. The second-order valence-corrected chi connectivity index (χ2v) is 10.3. The zero-order valence-electron chi connectivity index (χ0n) is 24.3. The van der Waals surface area contributed by atoms with Crippen molar-refractivity contribution in [3.8, 4) is 23.1 Å². The molecule has 1 fully saturated rings. The number of aryl methyl sites for hydroxylation is 1. The predicted octanol–water partition coefficient (Wildman–Crippen LogP) is 4.16. The molecule has 0 radical (unpaired) electrons.